The molecule has 1 atom stereocenters. The fourth-order valence-electron chi connectivity index (χ4n) is 3.83. The highest BCUT2D eigenvalue weighted by atomic mass is 79.9. The Morgan fingerprint density at radius 1 is 1.28 bits per heavy atom. The zero-order chi connectivity index (χ0) is 21.1. The van der Waals surface area contributed by atoms with Crippen LogP contribution in [0.2, 0.25) is 0 Å². The molecule has 1 aliphatic rings. The molecule has 1 heterocycles. The molecule has 0 aliphatic heterocycles. The summed E-state index contributed by atoms with van der Waals surface area (Å²) in [7, 11) is 0. The van der Waals surface area contributed by atoms with Crippen molar-refractivity contribution >= 4 is 44.1 Å². The number of esters is 1. The van der Waals surface area contributed by atoms with Gasteiger partial charge in [-0.1, -0.05) is 22.9 Å². The van der Waals surface area contributed by atoms with Gasteiger partial charge in [0.15, 0.2) is 6.61 Å². The van der Waals surface area contributed by atoms with Crippen LogP contribution in [0.25, 0.3) is 0 Å². The second kappa shape index (κ2) is 9.30. The predicted octanol–water partition coefficient (Wildman–Crippen LogP) is 5.76. The van der Waals surface area contributed by atoms with Gasteiger partial charge in [0.25, 0.3) is 5.91 Å². The lowest BCUT2D eigenvalue weighted by molar-refractivity contribution is -0.118. The number of carbonyl (C=O) groups is 2. The van der Waals surface area contributed by atoms with Crippen molar-refractivity contribution in [1.82, 2.24) is 0 Å². The molecule has 1 N–H and O–H groups in total. The molecule has 0 saturated carbocycles. The molecule has 1 unspecified atom stereocenters. The first-order valence-corrected chi connectivity index (χ1v) is 11.4. The highest BCUT2D eigenvalue weighted by molar-refractivity contribution is 9.10. The van der Waals surface area contributed by atoms with E-state index in [0.29, 0.717) is 22.9 Å². The lowest BCUT2D eigenvalue weighted by Crippen LogP contribution is -2.22. The molecule has 7 heteroatoms. The van der Waals surface area contributed by atoms with Gasteiger partial charge in [0.1, 0.15) is 10.8 Å². The molecule has 1 aromatic heterocycles. The maximum absolute atomic E-state index is 12.6. The van der Waals surface area contributed by atoms with Gasteiger partial charge in [0.05, 0.1) is 12.2 Å². The molecule has 5 nitrogen and oxygen atoms in total. The number of nitrogens with one attached hydrogen (secondary N) is 1. The summed E-state index contributed by atoms with van der Waals surface area (Å²) in [6.45, 7) is 7.98. The molecular weight excluding hydrogens is 454 g/mol. The van der Waals surface area contributed by atoms with Crippen molar-refractivity contribution in [2.75, 3.05) is 18.5 Å². The fraction of sp³-hybridized carbons (Fsp3) is 0.455. The lowest BCUT2D eigenvalue weighted by Gasteiger charge is -2.19. The molecule has 3 rings (SSSR count). The van der Waals surface area contributed by atoms with Gasteiger partial charge in [-0.2, -0.15) is 0 Å². The van der Waals surface area contributed by atoms with E-state index in [1.807, 2.05) is 26.0 Å². The zero-order valence-corrected chi connectivity index (χ0v) is 19.6. The molecule has 0 saturated heterocycles. The monoisotopic (exact) mass is 479 g/mol. The van der Waals surface area contributed by atoms with Crippen LogP contribution in [0.3, 0.4) is 0 Å². The number of rotatable bonds is 6. The summed E-state index contributed by atoms with van der Waals surface area (Å²) in [5.41, 5.74) is 3.47. The molecule has 2 aromatic rings. The minimum absolute atomic E-state index is 0.121. The number of amides is 1. The summed E-state index contributed by atoms with van der Waals surface area (Å²) < 4.78 is 12.0. The van der Waals surface area contributed by atoms with Crippen LogP contribution < -0.4 is 10.1 Å². The van der Waals surface area contributed by atoms with Crippen molar-refractivity contribution in [2.45, 2.75) is 52.9 Å². The summed E-state index contributed by atoms with van der Waals surface area (Å²) >= 11 is 4.94. The van der Waals surface area contributed by atoms with E-state index in [1.165, 1.54) is 16.2 Å². The van der Waals surface area contributed by atoms with Gasteiger partial charge >= 0.3 is 5.97 Å². The Labute approximate surface area is 183 Å². The van der Waals surface area contributed by atoms with E-state index < -0.39 is 0 Å². The van der Waals surface area contributed by atoms with E-state index >= 15 is 0 Å². The Bertz CT molecular complexity index is 914. The average molecular weight is 480 g/mol. The number of hydrogen-bond donors (Lipinski definition) is 1. The number of hydrogen-bond acceptors (Lipinski definition) is 5. The third-order valence-corrected chi connectivity index (χ3v) is 6.70. The van der Waals surface area contributed by atoms with Gasteiger partial charge in [0, 0.05) is 9.35 Å². The maximum Gasteiger partial charge on any atom is 0.341 e. The minimum Gasteiger partial charge on any atom is -0.483 e. The van der Waals surface area contributed by atoms with Crippen LogP contribution in [-0.2, 0) is 16.0 Å². The van der Waals surface area contributed by atoms with Crippen LogP contribution in [0.15, 0.2) is 16.6 Å². The van der Waals surface area contributed by atoms with Crippen molar-refractivity contribution in [2.24, 2.45) is 0 Å². The van der Waals surface area contributed by atoms with E-state index in [0.717, 1.165) is 40.4 Å². The topological polar surface area (TPSA) is 64.6 Å². The quantitative estimate of drug-likeness (QED) is 0.534. The third-order valence-electron chi connectivity index (χ3n) is 5.06. The summed E-state index contributed by atoms with van der Waals surface area (Å²) in [5.74, 6) is 0.329. The minimum atomic E-state index is -0.366. The molecule has 0 bridgehead atoms. The molecule has 1 amide bonds. The molecule has 0 radical (unpaired) electrons. The summed E-state index contributed by atoms with van der Waals surface area (Å²) in [6.07, 6.45) is 3.06. The van der Waals surface area contributed by atoms with E-state index in [-0.39, 0.29) is 24.4 Å². The van der Waals surface area contributed by atoms with Crippen molar-refractivity contribution in [1.29, 1.82) is 0 Å². The van der Waals surface area contributed by atoms with Gasteiger partial charge in [0.2, 0.25) is 0 Å². The van der Waals surface area contributed by atoms with Crippen molar-refractivity contribution in [3.8, 4) is 5.75 Å². The van der Waals surface area contributed by atoms with Gasteiger partial charge in [-0.15, -0.1) is 11.3 Å². The predicted molar refractivity (Wildman–Crippen MR) is 119 cm³/mol. The molecule has 1 aliphatic carbocycles. The second-order valence-corrected chi connectivity index (χ2v) is 9.38. The smallest absolute Gasteiger partial charge is 0.341 e. The van der Waals surface area contributed by atoms with Gasteiger partial charge in [-0.25, -0.2) is 4.79 Å². The van der Waals surface area contributed by atoms with E-state index in [9.17, 15) is 9.59 Å². The third kappa shape index (κ3) is 4.83. The van der Waals surface area contributed by atoms with Crippen molar-refractivity contribution in [3.63, 3.8) is 0 Å². The molecule has 29 heavy (non-hydrogen) atoms. The molecular formula is C22H26BrNO4S. The number of aryl methyl sites for hydroxylation is 3. The lowest BCUT2D eigenvalue weighted by atomic mass is 9.86. The van der Waals surface area contributed by atoms with Crippen LogP contribution in [0, 0.1) is 13.8 Å². The Morgan fingerprint density at radius 2 is 1.97 bits per heavy atom. The Morgan fingerprint density at radius 3 is 2.62 bits per heavy atom. The van der Waals surface area contributed by atoms with Crippen LogP contribution in [0.4, 0.5) is 5.00 Å². The van der Waals surface area contributed by atoms with E-state index in [1.54, 1.807) is 6.92 Å². The van der Waals surface area contributed by atoms with Gasteiger partial charge in [-0.3, -0.25) is 4.79 Å². The normalized spacial score (nSPS) is 15.6. The molecule has 0 fully saturated rings. The van der Waals surface area contributed by atoms with Crippen LogP contribution in [-0.4, -0.2) is 25.1 Å². The largest absolute Gasteiger partial charge is 0.483 e. The number of halogens is 1. The Hall–Kier alpha value is -1.86. The fourth-order valence-corrected chi connectivity index (χ4v) is 5.88. The summed E-state index contributed by atoms with van der Waals surface area (Å²) in [4.78, 5) is 26.4. The standard InChI is InChI=1S/C22H26BrNO4S/c1-5-27-22(26)19-18-12(2)7-6-8-16(18)29-21(19)24-17(25)11-28-20-13(3)9-15(23)10-14(20)4/h9-10,12H,5-8,11H2,1-4H3,(H,24,25). The number of benzene rings is 1. The van der Waals surface area contributed by atoms with Crippen molar-refractivity contribution < 1.29 is 19.1 Å². The molecule has 0 spiro atoms. The van der Waals surface area contributed by atoms with Crippen LogP contribution in [0.1, 0.15) is 64.5 Å². The number of fused-ring (bicyclic) bond motifs is 1. The maximum atomic E-state index is 12.6. The van der Waals surface area contributed by atoms with E-state index in [4.69, 9.17) is 9.47 Å². The Balaban J connectivity index is 1.79. The zero-order valence-electron chi connectivity index (χ0n) is 17.2. The first-order chi connectivity index (χ1) is 13.8. The average Bonchev–Trinajstić information content (AvgIpc) is 3.00. The summed E-state index contributed by atoms with van der Waals surface area (Å²) in [5, 5.41) is 3.46. The SMILES string of the molecule is CCOC(=O)c1c(NC(=O)COc2c(C)cc(Br)cc2C)sc2c1C(C)CCC2. The second-order valence-electron chi connectivity index (χ2n) is 7.36. The van der Waals surface area contributed by atoms with E-state index in [2.05, 4.69) is 28.2 Å². The first kappa shape index (κ1) is 21.8. The molecule has 156 valence electrons. The van der Waals surface area contributed by atoms with Crippen molar-refractivity contribution in [3.05, 3.63) is 43.7 Å². The van der Waals surface area contributed by atoms with Crippen LogP contribution in [0.5, 0.6) is 5.75 Å². The first-order valence-electron chi connectivity index (χ1n) is 9.83. The Kier molecular flexibility index (Phi) is 7.01. The van der Waals surface area contributed by atoms with Gasteiger partial charge in [-0.05, 0) is 74.8 Å². The number of thiophene rings is 1. The molecule has 1 aromatic carbocycles. The highest BCUT2D eigenvalue weighted by Gasteiger charge is 2.30. The summed E-state index contributed by atoms with van der Waals surface area (Å²) in [6, 6.07) is 3.90. The highest BCUT2D eigenvalue weighted by Crippen LogP contribution is 2.43. The number of carbonyl (C=O) groups excluding carboxylic acids is 2. The van der Waals surface area contributed by atoms with Crippen LogP contribution >= 0.6 is 27.3 Å². The number of anilines is 1. The van der Waals surface area contributed by atoms with Gasteiger partial charge < -0.3 is 14.8 Å². The number of ether oxygens (including phenoxy) is 2.